The minimum atomic E-state index is 0.479. The van der Waals surface area contributed by atoms with Gasteiger partial charge in [-0.15, -0.1) is 0 Å². The highest BCUT2D eigenvalue weighted by Gasteiger charge is 2.16. The van der Waals surface area contributed by atoms with Gasteiger partial charge in [-0.05, 0) is 44.2 Å². The molecule has 0 amide bonds. The second kappa shape index (κ2) is 8.41. The predicted molar refractivity (Wildman–Crippen MR) is 83.2 cm³/mol. The van der Waals surface area contributed by atoms with Crippen LogP contribution >= 0.6 is 11.6 Å². The molecule has 1 unspecified atom stereocenters. The molecule has 1 aromatic rings. The zero-order valence-electron chi connectivity index (χ0n) is 12.4. The van der Waals surface area contributed by atoms with Gasteiger partial charge in [0.2, 0.25) is 0 Å². The molecule has 0 aromatic heterocycles. The Kier molecular flexibility index (Phi) is 7.21. The highest BCUT2D eigenvalue weighted by Crippen LogP contribution is 2.26. The van der Waals surface area contributed by atoms with Crippen LogP contribution in [0.5, 0.6) is 0 Å². The molecule has 0 aliphatic heterocycles. The van der Waals surface area contributed by atoms with E-state index in [0.717, 1.165) is 31.1 Å². The number of nitrogens with one attached hydrogen (secondary N) is 1. The second-order valence-electron chi connectivity index (χ2n) is 4.75. The Hall–Kier alpha value is -0.770. The second-order valence-corrected chi connectivity index (χ2v) is 5.18. The quantitative estimate of drug-likeness (QED) is 0.793. The summed E-state index contributed by atoms with van der Waals surface area (Å²) in [4.78, 5) is 2.40. The summed E-state index contributed by atoms with van der Waals surface area (Å²) in [6.45, 7) is 6.89. The predicted octanol–water partition coefficient (Wildman–Crippen LogP) is 3.31. The average molecular weight is 285 g/mol. The van der Waals surface area contributed by atoms with Gasteiger partial charge >= 0.3 is 0 Å². The first-order valence-electron chi connectivity index (χ1n) is 6.82. The fourth-order valence-corrected chi connectivity index (χ4v) is 2.35. The molecular weight excluding hydrogens is 260 g/mol. The summed E-state index contributed by atoms with van der Waals surface area (Å²) in [5, 5.41) is 3.99. The summed E-state index contributed by atoms with van der Waals surface area (Å²) in [6, 6.07) is 6.58. The maximum Gasteiger partial charge on any atom is 0.0637 e. The minimum Gasteiger partial charge on any atom is -0.383 e. The minimum absolute atomic E-state index is 0.479. The van der Waals surface area contributed by atoms with E-state index in [9.17, 15) is 0 Å². The zero-order valence-corrected chi connectivity index (χ0v) is 13.1. The number of rotatable bonds is 8. The fraction of sp³-hybridized carbons (Fsp3) is 0.600. The van der Waals surface area contributed by atoms with Crippen molar-refractivity contribution in [2.45, 2.75) is 32.9 Å². The number of anilines is 1. The first-order chi connectivity index (χ1) is 9.13. The van der Waals surface area contributed by atoms with Crippen LogP contribution in [-0.2, 0) is 11.3 Å². The van der Waals surface area contributed by atoms with Crippen molar-refractivity contribution in [2.75, 3.05) is 32.2 Å². The molecule has 0 saturated heterocycles. The third kappa shape index (κ3) is 4.68. The van der Waals surface area contributed by atoms with E-state index < -0.39 is 0 Å². The van der Waals surface area contributed by atoms with Gasteiger partial charge in [-0.2, -0.15) is 0 Å². The molecule has 1 atom stereocenters. The molecule has 3 nitrogen and oxygen atoms in total. The van der Waals surface area contributed by atoms with Crippen molar-refractivity contribution in [3.05, 3.63) is 28.8 Å². The largest absolute Gasteiger partial charge is 0.383 e. The lowest BCUT2D eigenvalue weighted by Crippen LogP contribution is -2.36. The number of hydrogen-bond donors (Lipinski definition) is 1. The molecule has 1 rings (SSSR count). The highest BCUT2D eigenvalue weighted by atomic mass is 35.5. The molecule has 4 heteroatoms. The lowest BCUT2D eigenvalue weighted by molar-refractivity contribution is 0.203. The molecule has 108 valence electrons. The molecule has 1 N–H and O–H groups in total. The summed E-state index contributed by atoms with van der Waals surface area (Å²) in [6.07, 6.45) is 1.10. The fourth-order valence-electron chi connectivity index (χ4n) is 2.15. The molecule has 0 bridgehead atoms. The van der Waals surface area contributed by atoms with E-state index >= 15 is 0 Å². The molecule has 0 aliphatic carbocycles. The van der Waals surface area contributed by atoms with E-state index in [1.807, 2.05) is 19.2 Å². The molecule has 19 heavy (non-hydrogen) atoms. The Labute approximate surface area is 121 Å². The smallest absolute Gasteiger partial charge is 0.0637 e. The van der Waals surface area contributed by atoms with Gasteiger partial charge in [0, 0.05) is 37.0 Å². The van der Waals surface area contributed by atoms with Crippen LogP contribution in [0.3, 0.4) is 0 Å². The van der Waals surface area contributed by atoms with Crippen molar-refractivity contribution in [3.8, 4) is 0 Å². The molecule has 0 aliphatic rings. The number of ether oxygens (including phenoxy) is 1. The first kappa shape index (κ1) is 16.3. The lowest BCUT2D eigenvalue weighted by Gasteiger charge is -2.32. The highest BCUT2D eigenvalue weighted by molar-refractivity contribution is 6.30. The molecular formula is C15H25ClN2O. The summed E-state index contributed by atoms with van der Waals surface area (Å²) in [7, 11) is 3.69. The Morgan fingerprint density at radius 2 is 2.16 bits per heavy atom. The van der Waals surface area contributed by atoms with Crippen molar-refractivity contribution >= 4 is 17.3 Å². The van der Waals surface area contributed by atoms with Gasteiger partial charge in [-0.25, -0.2) is 0 Å². The summed E-state index contributed by atoms with van der Waals surface area (Å²) in [5.74, 6) is 0. The van der Waals surface area contributed by atoms with Crippen molar-refractivity contribution < 1.29 is 4.74 Å². The topological polar surface area (TPSA) is 24.5 Å². The monoisotopic (exact) mass is 284 g/mol. The summed E-state index contributed by atoms with van der Waals surface area (Å²) in [5.41, 5.74) is 2.47. The van der Waals surface area contributed by atoms with Crippen LogP contribution < -0.4 is 10.2 Å². The summed E-state index contributed by atoms with van der Waals surface area (Å²) < 4.78 is 5.23. The van der Waals surface area contributed by atoms with E-state index in [1.54, 1.807) is 7.11 Å². The average Bonchev–Trinajstić information content (AvgIpc) is 2.41. The first-order valence-corrected chi connectivity index (χ1v) is 7.20. The van der Waals surface area contributed by atoms with Crippen molar-refractivity contribution in [1.82, 2.24) is 5.32 Å². The number of halogens is 1. The Morgan fingerprint density at radius 3 is 2.74 bits per heavy atom. The van der Waals surface area contributed by atoms with E-state index in [-0.39, 0.29) is 0 Å². The number of nitrogens with zero attached hydrogens (tertiary/aromatic N) is 1. The van der Waals surface area contributed by atoms with Crippen LogP contribution in [-0.4, -0.2) is 33.4 Å². The van der Waals surface area contributed by atoms with Gasteiger partial charge in [0.1, 0.15) is 0 Å². The number of methoxy groups -OCH3 is 1. The van der Waals surface area contributed by atoms with E-state index in [4.69, 9.17) is 16.3 Å². The van der Waals surface area contributed by atoms with Crippen molar-refractivity contribution in [1.29, 1.82) is 0 Å². The maximum atomic E-state index is 6.10. The van der Waals surface area contributed by atoms with Crippen molar-refractivity contribution in [2.24, 2.45) is 0 Å². The normalized spacial score (nSPS) is 12.5. The van der Waals surface area contributed by atoms with E-state index in [1.165, 1.54) is 11.3 Å². The van der Waals surface area contributed by atoms with Crippen LogP contribution in [0.15, 0.2) is 18.2 Å². The van der Waals surface area contributed by atoms with Gasteiger partial charge in [-0.3, -0.25) is 0 Å². The third-order valence-electron chi connectivity index (χ3n) is 3.38. The lowest BCUT2D eigenvalue weighted by atomic mass is 10.1. The molecule has 0 saturated carbocycles. The Bertz CT molecular complexity index is 384. The molecule has 1 aromatic carbocycles. The van der Waals surface area contributed by atoms with Crippen LogP contribution in [0.4, 0.5) is 5.69 Å². The van der Waals surface area contributed by atoms with Crippen LogP contribution in [0.1, 0.15) is 25.8 Å². The van der Waals surface area contributed by atoms with Gasteiger partial charge in [0.25, 0.3) is 0 Å². The number of hydrogen-bond acceptors (Lipinski definition) is 3. The standard InChI is InChI=1S/C15H25ClN2O/c1-5-12(2)18(8-9-19-4)15-7-6-14(16)10-13(15)11-17-3/h6-7,10,12,17H,5,8-9,11H2,1-4H3. The van der Waals surface area contributed by atoms with Gasteiger partial charge in [0.15, 0.2) is 0 Å². The van der Waals surface area contributed by atoms with Gasteiger partial charge < -0.3 is 15.0 Å². The molecule has 0 heterocycles. The van der Waals surface area contributed by atoms with E-state index in [0.29, 0.717) is 6.04 Å². The Balaban J connectivity index is 3.05. The molecule has 0 spiro atoms. The van der Waals surface area contributed by atoms with Gasteiger partial charge in [-0.1, -0.05) is 18.5 Å². The maximum absolute atomic E-state index is 6.10. The van der Waals surface area contributed by atoms with E-state index in [2.05, 4.69) is 30.1 Å². The van der Waals surface area contributed by atoms with Gasteiger partial charge in [0.05, 0.1) is 6.61 Å². The van der Waals surface area contributed by atoms with Crippen LogP contribution in [0, 0.1) is 0 Å². The van der Waals surface area contributed by atoms with Crippen LogP contribution in [0.2, 0.25) is 5.02 Å². The third-order valence-corrected chi connectivity index (χ3v) is 3.61. The Morgan fingerprint density at radius 1 is 1.42 bits per heavy atom. The molecule has 0 radical (unpaired) electrons. The SMILES string of the molecule is CCC(C)N(CCOC)c1ccc(Cl)cc1CNC. The number of benzene rings is 1. The molecule has 0 fully saturated rings. The zero-order chi connectivity index (χ0) is 14.3. The summed E-state index contributed by atoms with van der Waals surface area (Å²) >= 11 is 6.10. The van der Waals surface area contributed by atoms with Crippen molar-refractivity contribution in [3.63, 3.8) is 0 Å². The van der Waals surface area contributed by atoms with Crippen LogP contribution in [0.25, 0.3) is 0 Å².